The number of hydrogen-bond donors (Lipinski definition) is 1. The molecule has 1 aromatic rings. The highest BCUT2D eigenvalue weighted by Gasteiger charge is 2.24. The fourth-order valence-electron chi connectivity index (χ4n) is 3.07. The summed E-state index contributed by atoms with van der Waals surface area (Å²) in [6, 6.07) is 0. The van der Waals surface area contributed by atoms with Gasteiger partial charge < -0.3 is 10.2 Å². The molecule has 21 heavy (non-hydrogen) atoms. The molecule has 1 amide bonds. The maximum absolute atomic E-state index is 12.9. The van der Waals surface area contributed by atoms with Gasteiger partial charge in [0, 0.05) is 26.3 Å². The maximum Gasteiger partial charge on any atom is 0.257 e. The van der Waals surface area contributed by atoms with Crippen molar-refractivity contribution in [3.8, 4) is 0 Å². The fourth-order valence-corrected chi connectivity index (χ4v) is 3.07. The average molecular weight is 292 g/mol. The molecule has 118 valence electrons. The van der Waals surface area contributed by atoms with Gasteiger partial charge in [-0.15, -0.1) is 0 Å². The van der Waals surface area contributed by atoms with Crippen molar-refractivity contribution in [1.82, 2.24) is 20.0 Å². The Hall–Kier alpha value is -1.36. The molecule has 0 aliphatic carbocycles. The summed E-state index contributed by atoms with van der Waals surface area (Å²) in [5, 5.41) is 7.78. The lowest BCUT2D eigenvalue weighted by Crippen LogP contribution is -2.40. The Morgan fingerprint density at radius 2 is 2.14 bits per heavy atom. The minimum Gasteiger partial charge on any atom is -0.338 e. The first-order valence-corrected chi connectivity index (χ1v) is 8.18. The molecule has 1 aliphatic rings. The Kier molecular flexibility index (Phi) is 5.79. The third kappa shape index (κ3) is 4.06. The summed E-state index contributed by atoms with van der Waals surface area (Å²) in [7, 11) is 1.88. The van der Waals surface area contributed by atoms with Crippen LogP contribution >= 0.6 is 0 Å². The Bertz CT molecular complexity index is 463. The highest BCUT2D eigenvalue weighted by molar-refractivity contribution is 5.95. The number of rotatable bonds is 6. The highest BCUT2D eigenvalue weighted by atomic mass is 16.2. The molecule has 1 saturated heterocycles. The molecule has 1 aromatic heterocycles. The van der Waals surface area contributed by atoms with Crippen molar-refractivity contribution in [2.75, 3.05) is 26.2 Å². The van der Waals surface area contributed by atoms with Gasteiger partial charge in [-0.3, -0.25) is 9.48 Å². The summed E-state index contributed by atoms with van der Waals surface area (Å²) < 4.78 is 1.75. The number of piperidine rings is 1. The van der Waals surface area contributed by atoms with Crippen LogP contribution in [0.3, 0.4) is 0 Å². The molecule has 0 bridgehead atoms. The summed E-state index contributed by atoms with van der Waals surface area (Å²) >= 11 is 0. The largest absolute Gasteiger partial charge is 0.338 e. The van der Waals surface area contributed by atoms with E-state index in [1.54, 1.807) is 4.68 Å². The molecule has 0 aromatic carbocycles. The van der Waals surface area contributed by atoms with Gasteiger partial charge in [0.1, 0.15) is 0 Å². The molecule has 1 aliphatic heterocycles. The van der Waals surface area contributed by atoms with Gasteiger partial charge in [-0.05, 0) is 44.7 Å². The van der Waals surface area contributed by atoms with E-state index in [9.17, 15) is 4.79 Å². The highest BCUT2D eigenvalue weighted by Crippen LogP contribution is 2.17. The van der Waals surface area contributed by atoms with Crippen molar-refractivity contribution in [2.24, 2.45) is 13.0 Å². The Balaban J connectivity index is 2.10. The smallest absolute Gasteiger partial charge is 0.257 e. The van der Waals surface area contributed by atoms with Gasteiger partial charge in [0.15, 0.2) is 0 Å². The molecular weight excluding hydrogens is 264 g/mol. The third-order valence-electron chi connectivity index (χ3n) is 4.19. The molecule has 2 heterocycles. The second-order valence-corrected chi connectivity index (χ2v) is 5.96. The summed E-state index contributed by atoms with van der Waals surface area (Å²) in [5.74, 6) is 0.781. The third-order valence-corrected chi connectivity index (χ3v) is 4.19. The predicted octanol–water partition coefficient (Wildman–Crippen LogP) is 1.83. The second-order valence-electron chi connectivity index (χ2n) is 5.96. The average Bonchev–Trinajstić information content (AvgIpc) is 2.88. The van der Waals surface area contributed by atoms with Crippen LogP contribution in [0.2, 0.25) is 0 Å². The van der Waals surface area contributed by atoms with Crippen molar-refractivity contribution in [3.05, 3.63) is 17.5 Å². The zero-order valence-electron chi connectivity index (χ0n) is 13.6. The Morgan fingerprint density at radius 3 is 2.76 bits per heavy atom. The normalized spacial score (nSPS) is 16.1. The molecule has 2 rings (SSSR count). The van der Waals surface area contributed by atoms with Crippen LogP contribution in [-0.4, -0.2) is 46.8 Å². The van der Waals surface area contributed by atoms with Gasteiger partial charge in [-0.2, -0.15) is 5.10 Å². The van der Waals surface area contributed by atoms with Crippen LogP contribution in [-0.2, 0) is 13.5 Å². The predicted molar refractivity (Wildman–Crippen MR) is 84.4 cm³/mol. The van der Waals surface area contributed by atoms with E-state index in [1.807, 2.05) is 18.1 Å². The summed E-state index contributed by atoms with van der Waals surface area (Å²) in [6.07, 6.45) is 6.00. The van der Waals surface area contributed by atoms with Gasteiger partial charge in [-0.25, -0.2) is 0 Å². The molecular formula is C16H28N4O. The summed E-state index contributed by atoms with van der Waals surface area (Å²) in [6.45, 7) is 8.05. The van der Waals surface area contributed by atoms with E-state index in [0.717, 1.165) is 50.3 Å². The SMILES string of the molecule is CCCN(CC1CCNCC1)C(=O)c1cn(C)nc1CC. The van der Waals surface area contributed by atoms with Gasteiger partial charge in [0.25, 0.3) is 5.91 Å². The van der Waals surface area contributed by atoms with E-state index < -0.39 is 0 Å². The lowest BCUT2D eigenvalue weighted by Gasteiger charge is -2.30. The molecule has 0 saturated carbocycles. The van der Waals surface area contributed by atoms with Crippen LogP contribution in [0.1, 0.15) is 49.2 Å². The van der Waals surface area contributed by atoms with Crippen molar-refractivity contribution >= 4 is 5.91 Å². The zero-order valence-corrected chi connectivity index (χ0v) is 13.6. The van der Waals surface area contributed by atoms with Crippen LogP contribution in [0.5, 0.6) is 0 Å². The van der Waals surface area contributed by atoms with E-state index >= 15 is 0 Å². The molecule has 0 unspecified atom stereocenters. The minimum atomic E-state index is 0.153. The second kappa shape index (κ2) is 7.59. The molecule has 0 spiro atoms. The van der Waals surface area contributed by atoms with Crippen LogP contribution in [0.4, 0.5) is 0 Å². The summed E-state index contributed by atoms with van der Waals surface area (Å²) in [5.41, 5.74) is 1.69. The number of aryl methyl sites for hydroxylation is 2. The molecule has 0 radical (unpaired) electrons. The maximum atomic E-state index is 12.9. The van der Waals surface area contributed by atoms with Gasteiger partial charge in [-0.1, -0.05) is 13.8 Å². The number of carbonyl (C=O) groups excluding carboxylic acids is 1. The van der Waals surface area contributed by atoms with E-state index in [0.29, 0.717) is 5.92 Å². The van der Waals surface area contributed by atoms with Crippen LogP contribution in [0, 0.1) is 5.92 Å². The first-order chi connectivity index (χ1) is 10.2. The van der Waals surface area contributed by atoms with E-state index in [4.69, 9.17) is 0 Å². The summed E-state index contributed by atoms with van der Waals surface area (Å²) in [4.78, 5) is 14.9. The standard InChI is InChI=1S/C16H28N4O/c1-4-10-20(11-13-6-8-17-9-7-13)16(21)14-12-19(3)18-15(14)5-2/h12-13,17H,4-11H2,1-3H3. The van der Waals surface area contributed by atoms with Crippen molar-refractivity contribution in [2.45, 2.75) is 39.5 Å². The lowest BCUT2D eigenvalue weighted by atomic mass is 9.97. The van der Waals surface area contributed by atoms with Crippen LogP contribution in [0.15, 0.2) is 6.20 Å². The van der Waals surface area contributed by atoms with E-state index in [2.05, 4.69) is 24.3 Å². The quantitative estimate of drug-likeness (QED) is 0.870. The number of amides is 1. The zero-order chi connectivity index (χ0) is 15.2. The fraction of sp³-hybridized carbons (Fsp3) is 0.750. The van der Waals surface area contributed by atoms with Gasteiger partial charge in [0.2, 0.25) is 0 Å². The minimum absolute atomic E-state index is 0.153. The topological polar surface area (TPSA) is 50.2 Å². The van der Waals surface area contributed by atoms with Crippen molar-refractivity contribution in [3.63, 3.8) is 0 Å². The molecule has 1 N–H and O–H groups in total. The number of carbonyl (C=O) groups is 1. The number of nitrogens with one attached hydrogen (secondary N) is 1. The first kappa shape index (κ1) is 16.0. The van der Waals surface area contributed by atoms with Gasteiger partial charge >= 0.3 is 0 Å². The van der Waals surface area contributed by atoms with E-state index in [1.165, 1.54) is 12.8 Å². The molecule has 5 nitrogen and oxygen atoms in total. The number of nitrogens with zero attached hydrogens (tertiary/aromatic N) is 3. The lowest BCUT2D eigenvalue weighted by molar-refractivity contribution is 0.0715. The first-order valence-electron chi connectivity index (χ1n) is 8.18. The number of aromatic nitrogens is 2. The van der Waals surface area contributed by atoms with Gasteiger partial charge in [0.05, 0.1) is 11.3 Å². The van der Waals surface area contributed by atoms with Crippen molar-refractivity contribution in [1.29, 1.82) is 0 Å². The number of hydrogen-bond acceptors (Lipinski definition) is 3. The molecule has 1 fully saturated rings. The van der Waals surface area contributed by atoms with Crippen molar-refractivity contribution < 1.29 is 4.79 Å². The van der Waals surface area contributed by atoms with E-state index in [-0.39, 0.29) is 5.91 Å². The Labute approximate surface area is 127 Å². The Morgan fingerprint density at radius 1 is 1.43 bits per heavy atom. The van der Waals surface area contributed by atoms with Crippen LogP contribution < -0.4 is 5.32 Å². The van der Waals surface area contributed by atoms with Crippen LogP contribution in [0.25, 0.3) is 0 Å². The molecule has 0 atom stereocenters. The molecule has 5 heteroatoms. The monoisotopic (exact) mass is 292 g/mol.